The fraction of sp³-hybridized carbons (Fsp3) is 0.650. The van der Waals surface area contributed by atoms with Crippen LogP contribution in [0.5, 0.6) is 0 Å². The topological polar surface area (TPSA) is 73.8 Å². The van der Waals surface area contributed by atoms with Crippen molar-refractivity contribution in [2.24, 2.45) is 10.9 Å². The highest BCUT2D eigenvalue weighted by molar-refractivity contribution is 14.0. The van der Waals surface area contributed by atoms with E-state index in [-0.39, 0.29) is 49.0 Å². The van der Waals surface area contributed by atoms with E-state index in [1.54, 1.807) is 0 Å². The third-order valence-electron chi connectivity index (χ3n) is 5.15. The highest BCUT2D eigenvalue weighted by atomic mass is 127. The molecule has 31 heavy (non-hydrogen) atoms. The molecule has 1 aliphatic heterocycles. The fourth-order valence-electron chi connectivity index (χ4n) is 3.35. The molecule has 0 bridgehead atoms. The molecule has 6 nitrogen and oxygen atoms in total. The van der Waals surface area contributed by atoms with E-state index in [1.165, 1.54) is 5.56 Å². The monoisotopic (exact) mass is 576 g/mol. The van der Waals surface area contributed by atoms with Crippen LogP contribution in [-0.2, 0) is 16.4 Å². The van der Waals surface area contributed by atoms with E-state index < -0.39 is 15.5 Å². The molecule has 2 N–H and O–H groups in total. The van der Waals surface area contributed by atoms with Gasteiger partial charge in [0.25, 0.3) is 0 Å². The van der Waals surface area contributed by atoms with Crippen molar-refractivity contribution in [3.63, 3.8) is 0 Å². The van der Waals surface area contributed by atoms with E-state index in [2.05, 4.69) is 34.7 Å². The predicted octanol–water partition coefficient (Wildman–Crippen LogP) is 3.74. The van der Waals surface area contributed by atoms with Crippen LogP contribution in [0.15, 0.2) is 35.3 Å². The van der Waals surface area contributed by atoms with E-state index >= 15 is 0 Å². The van der Waals surface area contributed by atoms with E-state index in [9.17, 15) is 21.6 Å². The molecule has 1 heterocycles. The van der Waals surface area contributed by atoms with Crippen LogP contribution >= 0.6 is 24.0 Å². The first kappa shape index (κ1) is 28.0. The number of benzene rings is 1. The Labute approximate surface area is 200 Å². The van der Waals surface area contributed by atoms with Crippen LogP contribution in [0, 0.1) is 5.92 Å². The SMILES string of the molecule is CCNC(=NCC1CCN(S(=O)(=O)C(F)(F)F)CC1)NC(C)CCc1ccccc1.I. The Bertz CT molecular complexity index is 783. The van der Waals surface area contributed by atoms with Crippen molar-refractivity contribution in [3.8, 4) is 0 Å². The van der Waals surface area contributed by atoms with Crippen LogP contribution in [0.25, 0.3) is 0 Å². The molecule has 1 aromatic rings. The van der Waals surface area contributed by atoms with Crippen molar-refractivity contribution < 1.29 is 21.6 Å². The number of nitrogens with zero attached hydrogens (tertiary/aromatic N) is 2. The Morgan fingerprint density at radius 1 is 1.23 bits per heavy atom. The average Bonchev–Trinajstić information content (AvgIpc) is 2.71. The molecule has 1 fully saturated rings. The molecule has 2 rings (SSSR count). The molecule has 0 spiro atoms. The lowest BCUT2D eigenvalue weighted by molar-refractivity contribution is -0.0496. The Hall–Kier alpha value is -1.08. The molecule has 1 unspecified atom stereocenters. The van der Waals surface area contributed by atoms with Gasteiger partial charge in [0.05, 0.1) is 0 Å². The first-order valence-corrected chi connectivity index (χ1v) is 11.7. The van der Waals surface area contributed by atoms with Gasteiger partial charge in [-0.25, -0.2) is 8.42 Å². The number of piperidine rings is 1. The molecule has 0 radical (unpaired) electrons. The normalized spacial score (nSPS) is 17.6. The highest BCUT2D eigenvalue weighted by Gasteiger charge is 2.50. The third-order valence-corrected chi connectivity index (χ3v) is 6.78. The molecule has 0 amide bonds. The van der Waals surface area contributed by atoms with Crippen molar-refractivity contribution in [2.75, 3.05) is 26.2 Å². The lowest BCUT2D eigenvalue weighted by atomic mass is 9.98. The van der Waals surface area contributed by atoms with E-state index in [0.29, 0.717) is 36.2 Å². The first-order chi connectivity index (χ1) is 14.1. The molecule has 178 valence electrons. The van der Waals surface area contributed by atoms with Gasteiger partial charge in [-0.15, -0.1) is 24.0 Å². The van der Waals surface area contributed by atoms with Gasteiger partial charge in [-0.1, -0.05) is 30.3 Å². The quantitative estimate of drug-likeness (QED) is 0.281. The number of halogens is 4. The summed E-state index contributed by atoms with van der Waals surface area (Å²) in [7, 11) is -5.24. The van der Waals surface area contributed by atoms with Gasteiger partial charge in [0.1, 0.15) is 0 Å². The van der Waals surface area contributed by atoms with Crippen molar-refractivity contribution in [3.05, 3.63) is 35.9 Å². The molecule has 0 saturated carbocycles. The van der Waals surface area contributed by atoms with Gasteiger partial charge >= 0.3 is 15.5 Å². The minimum atomic E-state index is -5.24. The van der Waals surface area contributed by atoms with Gasteiger partial charge in [0.2, 0.25) is 0 Å². The van der Waals surface area contributed by atoms with Gasteiger partial charge in [0, 0.05) is 32.2 Å². The van der Waals surface area contributed by atoms with Gasteiger partial charge in [-0.2, -0.15) is 17.5 Å². The number of alkyl halides is 3. The molecule has 1 aliphatic rings. The van der Waals surface area contributed by atoms with Crippen molar-refractivity contribution in [1.29, 1.82) is 0 Å². The van der Waals surface area contributed by atoms with Gasteiger partial charge in [0.15, 0.2) is 5.96 Å². The summed E-state index contributed by atoms with van der Waals surface area (Å²) in [5, 5.41) is 6.55. The van der Waals surface area contributed by atoms with Crippen LogP contribution in [0.4, 0.5) is 13.2 Å². The summed E-state index contributed by atoms with van der Waals surface area (Å²) in [5.74, 6) is 0.725. The largest absolute Gasteiger partial charge is 0.511 e. The summed E-state index contributed by atoms with van der Waals surface area (Å²) in [6.07, 6.45) is 2.60. The lowest BCUT2D eigenvalue weighted by Gasteiger charge is -2.31. The van der Waals surface area contributed by atoms with Gasteiger partial charge < -0.3 is 10.6 Å². The van der Waals surface area contributed by atoms with Crippen LogP contribution in [0.2, 0.25) is 0 Å². The van der Waals surface area contributed by atoms with Crippen molar-refractivity contribution in [2.45, 2.75) is 51.1 Å². The number of hydrogen-bond acceptors (Lipinski definition) is 3. The Morgan fingerprint density at radius 2 is 1.84 bits per heavy atom. The molecule has 1 atom stereocenters. The number of aliphatic imine (C=N–C) groups is 1. The van der Waals surface area contributed by atoms with E-state index in [0.717, 1.165) is 12.8 Å². The number of aryl methyl sites for hydroxylation is 1. The second-order valence-electron chi connectivity index (χ2n) is 7.58. The number of sulfonamides is 1. The number of nitrogens with one attached hydrogen (secondary N) is 2. The molecular weight excluding hydrogens is 544 g/mol. The van der Waals surface area contributed by atoms with E-state index in [4.69, 9.17) is 0 Å². The zero-order chi connectivity index (χ0) is 22.2. The minimum absolute atomic E-state index is 0. The molecule has 1 saturated heterocycles. The Morgan fingerprint density at radius 3 is 2.39 bits per heavy atom. The Balaban J connectivity index is 0.00000480. The second kappa shape index (κ2) is 12.8. The number of guanidine groups is 1. The van der Waals surface area contributed by atoms with Crippen molar-refractivity contribution >= 4 is 40.0 Å². The molecule has 11 heteroatoms. The minimum Gasteiger partial charge on any atom is -0.357 e. The van der Waals surface area contributed by atoms with Crippen LogP contribution < -0.4 is 10.6 Å². The smallest absolute Gasteiger partial charge is 0.357 e. The zero-order valence-corrected chi connectivity index (χ0v) is 21.0. The van der Waals surface area contributed by atoms with Crippen LogP contribution in [0.1, 0.15) is 38.7 Å². The highest BCUT2D eigenvalue weighted by Crippen LogP contribution is 2.30. The first-order valence-electron chi connectivity index (χ1n) is 10.3. The number of rotatable bonds is 8. The fourth-order valence-corrected chi connectivity index (χ4v) is 4.34. The average molecular weight is 576 g/mol. The van der Waals surface area contributed by atoms with Gasteiger partial charge in [-0.05, 0) is 51.0 Å². The Kier molecular flexibility index (Phi) is 11.6. The molecule has 0 aromatic heterocycles. The summed E-state index contributed by atoms with van der Waals surface area (Å²) in [5.41, 5.74) is -3.97. The molecular formula is C20H32F3IN4O2S. The van der Waals surface area contributed by atoms with E-state index in [1.807, 2.05) is 25.1 Å². The van der Waals surface area contributed by atoms with Crippen molar-refractivity contribution in [1.82, 2.24) is 14.9 Å². The summed E-state index contributed by atoms with van der Waals surface area (Å²) < 4.78 is 61.6. The maximum atomic E-state index is 12.7. The zero-order valence-electron chi connectivity index (χ0n) is 17.9. The predicted molar refractivity (Wildman–Crippen MR) is 128 cm³/mol. The summed E-state index contributed by atoms with van der Waals surface area (Å²) in [4.78, 5) is 4.57. The molecule has 1 aromatic carbocycles. The third kappa shape index (κ3) is 8.76. The van der Waals surface area contributed by atoms with Crippen LogP contribution in [-0.4, -0.2) is 56.4 Å². The second-order valence-corrected chi connectivity index (χ2v) is 9.51. The summed E-state index contributed by atoms with van der Waals surface area (Å²) >= 11 is 0. The maximum absolute atomic E-state index is 12.7. The van der Waals surface area contributed by atoms with Crippen LogP contribution in [0.3, 0.4) is 0 Å². The lowest BCUT2D eigenvalue weighted by Crippen LogP contribution is -2.45. The number of hydrogen-bond donors (Lipinski definition) is 2. The van der Waals surface area contributed by atoms with Gasteiger partial charge in [-0.3, -0.25) is 4.99 Å². The standard InChI is InChI=1S/C20H31F3N4O2S.HI/c1-3-24-19(26-16(2)9-10-17-7-5-4-6-8-17)25-15-18-11-13-27(14-12-18)30(28,29)20(21,22)23;/h4-8,16,18H,3,9-15H2,1-2H3,(H2,24,25,26);1H. The maximum Gasteiger partial charge on any atom is 0.511 e. The summed E-state index contributed by atoms with van der Waals surface area (Å²) in [6, 6.07) is 10.4. The summed E-state index contributed by atoms with van der Waals surface area (Å²) in [6.45, 7) is 4.93. The molecule has 0 aliphatic carbocycles.